The zero-order valence-electron chi connectivity index (χ0n) is 10.5. The third-order valence-corrected chi connectivity index (χ3v) is 3.62. The molecule has 4 heteroatoms. The molecule has 0 aliphatic heterocycles. The van der Waals surface area contributed by atoms with Crippen molar-refractivity contribution in [3.05, 3.63) is 59.3 Å². The summed E-state index contributed by atoms with van der Waals surface area (Å²) in [7, 11) is 0. The molecular formula is C15H13NO2S. The summed E-state index contributed by atoms with van der Waals surface area (Å²) >= 11 is 1.67. The Bertz CT molecular complexity index is 658. The average Bonchev–Trinajstić information content (AvgIpc) is 3.06. The van der Waals surface area contributed by atoms with Crippen molar-refractivity contribution in [3.8, 4) is 16.5 Å². The number of ether oxygens (including phenoxy) is 1. The first kappa shape index (κ1) is 12.0. The third-order valence-electron chi connectivity index (χ3n) is 2.63. The van der Waals surface area contributed by atoms with Gasteiger partial charge in [-0.2, -0.15) is 0 Å². The number of oxazole rings is 1. The summed E-state index contributed by atoms with van der Waals surface area (Å²) in [5.41, 5.74) is 0.796. The summed E-state index contributed by atoms with van der Waals surface area (Å²) < 4.78 is 11.1. The largest absolute Gasteiger partial charge is 0.487 e. The first-order valence-electron chi connectivity index (χ1n) is 6.00. The molecule has 0 fully saturated rings. The summed E-state index contributed by atoms with van der Waals surface area (Å²) in [5, 5.41) is 0. The molecule has 0 atom stereocenters. The monoisotopic (exact) mass is 271 g/mol. The minimum Gasteiger partial charge on any atom is -0.487 e. The Hall–Kier alpha value is -2.07. The highest BCUT2D eigenvalue weighted by Crippen LogP contribution is 2.27. The molecule has 2 aromatic heterocycles. The number of rotatable bonds is 4. The fourth-order valence-electron chi connectivity index (χ4n) is 1.71. The smallest absolute Gasteiger partial charge is 0.236 e. The van der Waals surface area contributed by atoms with Crippen LogP contribution in [0.2, 0.25) is 0 Å². The van der Waals surface area contributed by atoms with E-state index in [-0.39, 0.29) is 0 Å². The van der Waals surface area contributed by atoms with Crippen LogP contribution >= 0.6 is 11.3 Å². The van der Waals surface area contributed by atoms with Crippen molar-refractivity contribution in [2.24, 2.45) is 0 Å². The molecule has 0 N–H and O–H groups in total. The van der Waals surface area contributed by atoms with Gasteiger partial charge in [0.15, 0.2) is 0 Å². The fourth-order valence-corrected chi connectivity index (χ4v) is 2.51. The van der Waals surface area contributed by atoms with Crippen LogP contribution in [-0.4, -0.2) is 4.98 Å². The number of hydrogen-bond donors (Lipinski definition) is 0. The molecule has 0 saturated carbocycles. The molecule has 0 unspecified atom stereocenters. The van der Waals surface area contributed by atoms with Crippen LogP contribution in [0.1, 0.15) is 10.6 Å². The fraction of sp³-hybridized carbons (Fsp3) is 0.133. The Morgan fingerprint density at radius 2 is 2.00 bits per heavy atom. The summed E-state index contributed by atoms with van der Waals surface area (Å²) in [6, 6.07) is 13.8. The van der Waals surface area contributed by atoms with Crippen LogP contribution in [0, 0.1) is 6.92 Å². The second-order valence-corrected chi connectivity index (χ2v) is 5.44. The summed E-state index contributed by atoms with van der Waals surface area (Å²) in [6.07, 6.45) is 1.65. The van der Waals surface area contributed by atoms with Crippen LogP contribution in [0.5, 0.6) is 5.75 Å². The van der Waals surface area contributed by atoms with Gasteiger partial charge in [-0.25, -0.2) is 4.98 Å². The van der Waals surface area contributed by atoms with Gasteiger partial charge in [0.25, 0.3) is 0 Å². The van der Waals surface area contributed by atoms with Gasteiger partial charge in [-0.3, -0.25) is 0 Å². The number of para-hydroxylation sites is 1. The average molecular weight is 271 g/mol. The summed E-state index contributed by atoms with van der Waals surface area (Å²) in [5.74, 6) is 1.49. The predicted molar refractivity (Wildman–Crippen MR) is 75.3 cm³/mol. The summed E-state index contributed by atoms with van der Waals surface area (Å²) in [6.45, 7) is 2.48. The molecule has 0 aliphatic carbocycles. The van der Waals surface area contributed by atoms with Crippen molar-refractivity contribution in [2.45, 2.75) is 13.5 Å². The quantitative estimate of drug-likeness (QED) is 0.710. The molecule has 0 radical (unpaired) electrons. The van der Waals surface area contributed by atoms with E-state index in [9.17, 15) is 0 Å². The predicted octanol–water partition coefficient (Wildman–Crippen LogP) is 4.29. The molecule has 2 heterocycles. The maximum atomic E-state index is 5.63. The number of aryl methyl sites for hydroxylation is 1. The lowest BCUT2D eigenvalue weighted by atomic mass is 10.3. The van der Waals surface area contributed by atoms with E-state index < -0.39 is 0 Å². The maximum Gasteiger partial charge on any atom is 0.236 e. The van der Waals surface area contributed by atoms with Gasteiger partial charge in [-0.1, -0.05) is 18.2 Å². The number of hydrogen-bond acceptors (Lipinski definition) is 4. The third kappa shape index (κ3) is 2.85. The SMILES string of the molecule is Cc1ccc(-c2nc(COc3ccccc3)co2)s1. The molecule has 1 aromatic carbocycles. The van der Waals surface area contributed by atoms with Crippen molar-refractivity contribution in [3.63, 3.8) is 0 Å². The molecule has 3 aromatic rings. The van der Waals surface area contributed by atoms with E-state index in [1.54, 1.807) is 17.6 Å². The van der Waals surface area contributed by atoms with Crippen LogP contribution in [0.3, 0.4) is 0 Å². The van der Waals surface area contributed by atoms with E-state index in [1.165, 1.54) is 4.88 Å². The lowest BCUT2D eigenvalue weighted by molar-refractivity contribution is 0.301. The van der Waals surface area contributed by atoms with Gasteiger partial charge in [0.1, 0.15) is 24.3 Å². The molecule has 0 bridgehead atoms. The molecule has 3 nitrogen and oxygen atoms in total. The summed E-state index contributed by atoms with van der Waals surface area (Å²) in [4.78, 5) is 6.72. The Kier molecular flexibility index (Phi) is 3.33. The standard InChI is InChI=1S/C15H13NO2S/c1-11-7-8-14(19-11)15-16-12(10-18-15)9-17-13-5-3-2-4-6-13/h2-8,10H,9H2,1H3. The number of aromatic nitrogens is 1. The van der Waals surface area contributed by atoms with Crippen molar-refractivity contribution in [1.29, 1.82) is 0 Å². The maximum absolute atomic E-state index is 5.63. The van der Waals surface area contributed by atoms with E-state index >= 15 is 0 Å². The second-order valence-electron chi connectivity index (χ2n) is 4.16. The molecule has 0 saturated heterocycles. The topological polar surface area (TPSA) is 35.3 Å². The van der Waals surface area contributed by atoms with Gasteiger partial charge in [-0.15, -0.1) is 11.3 Å². The van der Waals surface area contributed by atoms with Gasteiger partial charge in [0, 0.05) is 4.88 Å². The lowest BCUT2D eigenvalue weighted by Gasteiger charge is -2.02. The van der Waals surface area contributed by atoms with Gasteiger partial charge in [-0.05, 0) is 31.2 Å². The lowest BCUT2D eigenvalue weighted by Crippen LogP contribution is -1.95. The zero-order chi connectivity index (χ0) is 13.1. The molecule has 3 rings (SSSR count). The van der Waals surface area contributed by atoms with Crippen LogP contribution in [0.15, 0.2) is 53.1 Å². The Morgan fingerprint density at radius 1 is 1.16 bits per heavy atom. The molecule has 0 spiro atoms. The van der Waals surface area contributed by atoms with Gasteiger partial charge in [0.05, 0.1) is 4.88 Å². The van der Waals surface area contributed by atoms with E-state index in [4.69, 9.17) is 9.15 Å². The van der Waals surface area contributed by atoms with Crippen molar-refractivity contribution < 1.29 is 9.15 Å². The van der Waals surface area contributed by atoms with Gasteiger partial charge < -0.3 is 9.15 Å². The molecular weight excluding hydrogens is 258 g/mol. The van der Waals surface area contributed by atoms with Crippen molar-refractivity contribution in [2.75, 3.05) is 0 Å². The van der Waals surface area contributed by atoms with Crippen LogP contribution in [0.4, 0.5) is 0 Å². The highest BCUT2D eigenvalue weighted by atomic mass is 32.1. The molecule has 0 amide bonds. The Balaban J connectivity index is 1.68. The van der Waals surface area contributed by atoms with Crippen molar-refractivity contribution in [1.82, 2.24) is 4.98 Å². The number of nitrogens with zero attached hydrogens (tertiary/aromatic N) is 1. The number of benzene rings is 1. The number of thiophene rings is 1. The van der Waals surface area contributed by atoms with E-state index in [0.717, 1.165) is 16.3 Å². The van der Waals surface area contributed by atoms with E-state index in [1.807, 2.05) is 36.4 Å². The van der Waals surface area contributed by atoms with Crippen LogP contribution in [-0.2, 0) is 6.61 Å². The minimum absolute atomic E-state index is 0.415. The molecule has 19 heavy (non-hydrogen) atoms. The van der Waals surface area contributed by atoms with E-state index in [2.05, 4.69) is 18.0 Å². The minimum atomic E-state index is 0.415. The first-order valence-corrected chi connectivity index (χ1v) is 6.82. The van der Waals surface area contributed by atoms with Crippen LogP contribution in [0.25, 0.3) is 10.8 Å². The molecule has 0 aliphatic rings. The van der Waals surface area contributed by atoms with Gasteiger partial charge in [0.2, 0.25) is 5.89 Å². The molecule has 96 valence electrons. The Labute approximate surface area is 115 Å². The van der Waals surface area contributed by atoms with Gasteiger partial charge >= 0.3 is 0 Å². The van der Waals surface area contributed by atoms with Crippen molar-refractivity contribution >= 4 is 11.3 Å². The van der Waals surface area contributed by atoms with E-state index in [0.29, 0.717) is 12.5 Å². The second kappa shape index (κ2) is 5.28. The zero-order valence-corrected chi connectivity index (χ0v) is 11.3. The Morgan fingerprint density at radius 3 is 2.74 bits per heavy atom. The van der Waals surface area contributed by atoms with Crippen LogP contribution < -0.4 is 4.74 Å². The normalized spacial score (nSPS) is 10.6. The first-order chi connectivity index (χ1) is 9.31. The highest BCUT2D eigenvalue weighted by Gasteiger charge is 2.09. The highest BCUT2D eigenvalue weighted by molar-refractivity contribution is 7.15.